The molecule has 0 aromatic heterocycles. The number of carbonyl (C=O) groups excluding carboxylic acids is 2. The van der Waals surface area contributed by atoms with Crippen molar-refractivity contribution in [3.05, 3.63) is 59.9 Å². The van der Waals surface area contributed by atoms with Crippen LogP contribution in [0.1, 0.15) is 16.8 Å². The van der Waals surface area contributed by atoms with Gasteiger partial charge in [-0.25, -0.2) is 4.39 Å². The Labute approximate surface area is 193 Å². The van der Waals surface area contributed by atoms with Gasteiger partial charge < -0.3 is 19.9 Å². The maximum Gasteiger partial charge on any atom is 1.00 e. The topological polar surface area (TPSA) is 80.7 Å². The summed E-state index contributed by atoms with van der Waals surface area (Å²) < 4.78 is 13.0. The number of β-amino-alcohol motifs (C(OH)–C–C–N with tert-alkyl or cyclic N) is 1. The molecule has 2 aromatic rings. The standard InChI is InChI=1S/C19H18FNO4.K/c20-16-7-5-13(6-8-16)12-1-3-14(4-2-12)18(23)21-10-15(19(24)25)9-17(22)11-21;/h1-8,15,17,22H,9-11H2,(H,24,25);/q;+1/p-1. The number of benzene rings is 2. The number of aliphatic carboxylic acids is 1. The Morgan fingerprint density at radius 1 is 1.00 bits per heavy atom. The molecule has 0 bridgehead atoms. The number of carboxylic acids is 1. The molecule has 5 nitrogen and oxygen atoms in total. The number of carboxylic acid groups (broad SMARTS) is 1. The van der Waals surface area contributed by atoms with Crippen LogP contribution in [-0.2, 0) is 4.79 Å². The van der Waals surface area contributed by atoms with Crippen LogP contribution in [0, 0.1) is 11.7 Å². The van der Waals surface area contributed by atoms with Crippen LogP contribution in [0.25, 0.3) is 11.1 Å². The number of amides is 1. The molecule has 2 aromatic carbocycles. The molecule has 1 saturated heterocycles. The molecular formula is C19H17FKNO4. The van der Waals surface area contributed by atoms with Crippen LogP contribution in [0.3, 0.4) is 0 Å². The van der Waals surface area contributed by atoms with Crippen molar-refractivity contribution in [2.45, 2.75) is 12.5 Å². The quantitative estimate of drug-likeness (QED) is 0.628. The molecule has 2 unspecified atom stereocenters. The van der Waals surface area contributed by atoms with Crippen molar-refractivity contribution in [3.8, 4) is 11.1 Å². The zero-order valence-corrected chi connectivity index (χ0v) is 17.5. The van der Waals surface area contributed by atoms with Gasteiger partial charge in [-0.05, 0) is 41.8 Å². The predicted molar refractivity (Wildman–Crippen MR) is 86.9 cm³/mol. The maximum atomic E-state index is 13.0. The summed E-state index contributed by atoms with van der Waals surface area (Å²) in [5.41, 5.74) is 2.06. The smallest absolute Gasteiger partial charge is 0.550 e. The Morgan fingerprint density at radius 3 is 2.08 bits per heavy atom. The molecule has 1 fully saturated rings. The number of hydrogen-bond donors (Lipinski definition) is 1. The van der Waals surface area contributed by atoms with Crippen LogP contribution < -0.4 is 56.5 Å². The van der Waals surface area contributed by atoms with Crippen molar-refractivity contribution >= 4 is 11.9 Å². The number of nitrogens with zero attached hydrogens (tertiary/aromatic N) is 1. The van der Waals surface area contributed by atoms with Crippen molar-refractivity contribution in [2.24, 2.45) is 5.92 Å². The number of halogens is 1. The summed E-state index contributed by atoms with van der Waals surface area (Å²) in [6, 6.07) is 12.8. The molecule has 7 heteroatoms. The Balaban J connectivity index is 0.00000243. The SMILES string of the molecule is O=C([O-])C1CC(O)CN(C(=O)c2ccc(-c3ccc(F)cc3)cc2)C1.[K+]. The second-order valence-electron chi connectivity index (χ2n) is 6.20. The fourth-order valence-corrected chi connectivity index (χ4v) is 3.04. The van der Waals surface area contributed by atoms with E-state index in [1.54, 1.807) is 36.4 Å². The number of carbonyl (C=O) groups is 2. The van der Waals surface area contributed by atoms with E-state index in [-0.39, 0.29) is 82.6 Å². The van der Waals surface area contributed by atoms with Gasteiger partial charge in [-0.15, -0.1) is 0 Å². The van der Waals surface area contributed by atoms with Gasteiger partial charge in [0.1, 0.15) is 5.82 Å². The van der Waals surface area contributed by atoms with Crippen molar-refractivity contribution in [1.29, 1.82) is 0 Å². The van der Waals surface area contributed by atoms with Gasteiger partial charge in [0.2, 0.25) is 0 Å². The summed E-state index contributed by atoms with van der Waals surface area (Å²) in [7, 11) is 0. The zero-order chi connectivity index (χ0) is 18.0. The van der Waals surface area contributed by atoms with E-state index in [0.29, 0.717) is 5.56 Å². The molecule has 3 rings (SSSR count). The summed E-state index contributed by atoms with van der Waals surface area (Å²) in [5.74, 6) is -2.79. The fourth-order valence-electron chi connectivity index (χ4n) is 3.04. The Kier molecular flexibility index (Phi) is 7.51. The molecular weight excluding hydrogens is 364 g/mol. The van der Waals surface area contributed by atoms with E-state index < -0.39 is 18.0 Å². The monoisotopic (exact) mass is 381 g/mol. The summed E-state index contributed by atoms with van der Waals surface area (Å²) in [5, 5.41) is 20.8. The third kappa shape index (κ3) is 5.00. The molecule has 1 aliphatic rings. The molecule has 0 radical (unpaired) electrons. The first kappa shape index (κ1) is 21.2. The van der Waals surface area contributed by atoms with Crippen LogP contribution >= 0.6 is 0 Å². The first-order chi connectivity index (χ1) is 11.9. The van der Waals surface area contributed by atoms with E-state index in [1.807, 2.05) is 0 Å². The van der Waals surface area contributed by atoms with Gasteiger partial charge in [0.25, 0.3) is 5.91 Å². The molecule has 1 aliphatic heterocycles. The Morgan fingerprint density at radius 2 is 1.54 bits per heavy atom. The minimum absolute atomic E-state index is 0. The number of piperidine rings is 1. The molecule has 26 heavy (non-hydrogen) atoms. The van der Waals surface area contributed by atoms with E-state index in [1.165, 1.54) is 17.0 Å². The van der Waals surface area contributed by atoms with Crippen molar-refractivity contribution < 1.29 is 75.6 Å². The number of aliphatic hydroxyl groups is 1. The second kappa shape index (κ2) is 9.21. The zero-order valence-electron chi connectivity index (χ0n) is 14.4. The number of hydrogen-bond acceptors (Lipinski definition) is 4. The van der Waals surface area contributed by atoms with Gasteiger partial charge in [-0.3, -0.25) is 4.79 Å². The van der Waals surface area contributed by atoms with E-state index in [2.05, 4.69) is 0 Å². The minimum atomic E-state index is -1.26. The number of rotatable bonds is 3. The molecule has 1 heterocycles. The number of likely N-dealkylation sites (tertiary alicyclic amines) is 1. The molecule has 1 amide bonds. The average Bonchev–Trinajstić information content (AvgIpc) is 2.61. The third-order valence-corrected chi connectivity index (χ3v) is 4.36. The van der Waals surface area contributed by atoms with Crippen LogP contribution in [0.15, 0.2) is 48.5 Å². The van der Waals surface area contributed by atoms with Crippen molar-refractivity contribution in [1.82, 2.24) is 4.90 Å². The molecule has 130 valence electrons. The van der Waals surface area contributed by atoms with Crippen molar-refractivity contribution in [3.63, 3.8) is 0 Å². The summed E-state index contributed by atoms with van der Waals surface area (Å²) in [6.45, 7) is 0.125. The summed E-state index contributed by atoms with van der Waals surface area (Å²) in [4.78, 5) is 24.9. The molecule has 2 atom stereocenters. The van der Waals surface area contributed by atoms with Crippen LogP contribution in [0.4, 0.5) is 4.39 Å². The van der Waals surface area contributed by atoms with E-state index >= 15 is 0 Å². The molecule has 0 spiro atoms. The summed E-state index contributed by atoms with van der Waals surface area (Å²) in [6.07, 6.45) is -0.783. The second-order valence-corrected chi connectivity index (χ2v) is 6.20. The van der Waals surface area contributed by atoms with Gasteiger partial charge in [-0.2, -0.15) is 0 Å². The first-order valence-electron chi connectivity index (χ1n) is 7.98. The summed E-state index contributed by atoms with van der Waals surface area (Å²) >= 11 is 0. The van der Waals surface area contributed by atoms with Gasteiger partial charge in [0, 0.05) is 30.5 Å². The molecule has 1 N–H and O–H groups in total. The van der Waals surface area contributed by atoms with Gasteiger partial charge in [0.05, 0.1) is 6.10 Å². The third-order valence-electron chi connectivity index (χ3n) is 4.36. The largest absolute Gasteiger partial charge is 1.00 e. The average molecular weight is 381 g/mol. The van der Waals surface area contributed by atoms with E-state index in [9.17, 15) is 24.2 Å². The van der Waals surface area contributed by atoms with Gasteiger partial charge in [0.15, 0.2) is 0 Å². The molecule has 0 saturated carbocycles. The molecule has 0 aliphatic carbocycles. The Bertz CT molecular complexity index is 779. The van der Waals surface area contributed by atoms with Crippen LogP contribution in [-0.4, -0.2) is 41.1 Å². The van der Waals surface area contributed by atoms with Gasteiger partial charge >= 0.3 is 51.4 Å². The van der Waals surface area contributed by atoms with E-state index in [0.717, 1.165) is 11.1 Å². The van der Waals surface area contributed by atoms with Crippen LogP contribution in [0.5, 0.6) is 0 Å². The predicted octanol–water partition coefficient (Wildman–Crippen LogP) is -1.93. The van der Waals surface area contributed by atoms with E-state index in [4.69, 9.17) is 0 Å². The van der Waals surface area contributed by atoms with Gasteiger partial charge in [-0.1, -0.05) is 24.3 Å². The maximum absolute atomic E-state index is 13.0. The van der Waals surface area contributed by atoms with Crippen molar-refractivity contribution in [2.75, 3.05) is 13.1 Å². The minimum Gasteiger partial charge on any atom is -0.550 e. The van der Waals surface area contributed by atoms with Crippen LogP contribution in [0.2, 0.25) is 0 Å². The fraction of sp³-hybridized carbons (Fsp3) is 0.263. The normalized spacial score (nSPS) is 19.5. The first-order valence-corrected chi connectivity index (χ1v) is 7.98. The Hall–Kier alpha value is -1.09. The number of aliphatic hydroxyl groups excluding tert-OH is 1.